The van der Waals surface area contributed by atoms with Gasteiger partial charge in [0.2, 0.25) is 0 Å². The van der Waals surface area contributed by atoms with Gasteiger partial charge in [-0.3, -0.25) is 4.79 Å². The van der Waals surface area contributed by atoms with Gasteiger partial charge in [0.25, 0.3) is 0 Å². The molecule has 0 aliphatic heterocycles. The van der Waals surface area contributed by atoms with Gasteiger partial charge in [-0.2, -0.15) is 0 Å². The fraction of sp³-hybridized carbons (Fsp3) is 0.300. The van der Waals surface area contributed by atoms with Gasteiger partial charge in [0.1, 0.15) is 5.82 Å². The summed E-state index contributed by atoms with van der Waals surface area (Å²) in [4.78, 5) is 10.4. The Kier molecular flexibility index (Phi) is 3.19. The largest absolute Gasteiger partial charge is 0.481 e. The van der Waals surface area contributed by atoms with Crippen molar-refractivity contribution >= 4 is 5.97 Å². The molecule has 14 heavy (non-hydrogen) atoms. The highest BCUT2D eigenvalue weighted by Gasteiger charge is 2.11. The van der Waals surface area contributed by atoms with Crippen molar-refractivity contribution in [1.82, 2.24) is 0 Å². The molecule has 0 radical (unpaired) electrons. The molecule has 0 heterocycles. The first kappa shape index (κ1) is 10.7. The van der Waals surface area contributed by atoms with Crippen molar-refractivity contribution in [3.8, 4) is 0 Å². The summed E-state index contributed by atoms with van der Waals surface area (Å²) in [6, 6.07) is 3.68. The van der Waals surface area contributed by atoms with Gasteiger partial charge < -0.3 is 10.8 Å². The van der Waals surface area contributed by atoms with Crippen LogP contribution in [-0.4, -0.2) is 11.1 Å². The molecular formula is C10H12FNO2. The lowest BCUT2D eigenvalue weighted by molar-refractivity contribution is -0.137. The standard InChI is InChI=1S/C10H12FNO2/c1-6-2-7(4-8(11)3-6)9(12)5-10(13)14/h2-4,9H,5,12H2,1H3,(H,13,14)/t9-/m0/s1. The molecule has 0 bridgehead atoms. The maximum atomic E-state index is 12.9. The van der Waals surface area contributed by atoms with Crippen molar-refractivity contribution < 1.29 is 14.3 Å². The lowest BCUT2D eigenvalue weighted by atomic mass is 10.0. The Balaban J connectivity index is 2.89. The normalized spacial score (nSPS) is 12.5. The Labute approximate surface area is 81.4 Å². The van der Waals surface area contributed by atoms with E-state index in [4.69, 9.17) is 10.8 Å². The van der Waals surface area contributed by atoms with Crippen LogP contribution in [0.25, 0.3) is 0 Å². The topological polar surface area (TPSA) is 63.3 Å². The van der Waals surface area contributed by atoms with Crippen molar-refractivity contribution in [3.63, 3.8) is 0 Å². The lowest BCUT2D eigenvalue weighted by Crippen LogP contribution is -2.15. The number of aryl methyl sites for hydroxylation is 1. The predicted molar refractivity (Wildman–Crippen MR) is 50.3 cm³/mol. The lowest BCUT2D eigenvalue weighted by Gasteiger charge is -2.10. The first-order valence-electron chi connectivity index (χ1n) is 4.23. The van der Waals surface area contributed by atoms with Crippen LogP contribution in [0.15, 0.2) is 18.2 Å². The van der Waals surface area contributed by atoms with Gasteiger partial charge in [0.05, 0.1) is 6.42 Å². The molecule has 0 unspecified atom stereocenters. The Morgan fingerprint density at radius 3 is 2.71 bits per heavy atom. The number of carbonyl (C=O) groups is 1. The van der Waals surface area contributed by atoms with E-state index < -0.39 is 12.0 Å². The molecule has 0 amide bonds. The molecule has 1 atom stereocenters. The molecule has 76 valence electrons. The molecule has 1 aromatic rings. The minimum absolute atomic E-state index is 0.192. The molecule has 0 saturated carbocycles. The number of hydrogen-bond donors (Lipinski definition) is 2. The highest BCUT2D eigenvalue weighted by molar-refractivity contribution is 5.67. The van der Waals surface area contributed by atoms with E-state index >= 15 is 0 Å². The van der Waals surface area contributed by atoms with Crippen molar-refractivity contribution in [2.45, 2.75) is 19.4 Å². The van der Waals surface area contributed by atoms with Gasteiger partial charge in [-0.05, 0) is 30.2 Å². The van der Waals surface area contributed by atoms with Crippen molar-refractivity contribution in [2.75, 3.05) is 0 Å². The molecular weight excluding hydrogens is 185 g/mol. The van der Waals surface area contributed by atoms with Gasteiger partial charge in [-0.25, -0.2) is 4.39 Å². The van der Waals surface area contributed by atoms with Gasteiger partial charge in [0, 0.05) is 6.04 Å². The second-order valence-electron chi connectivity index (χ2n) is 3.27. The quantitative estimate of drug-likeness (QED) is 0.773. The van der Waals surface area contributed by atoms with Crippen LogP contribution in [0.2, 0.25) is 0 Å². The van der Waals surface area contributed by atoms with Crippen molar-refractivity contribution in [1.29, 1.82) is 0 Å². The Bertz CT molecular complexity index is 332. The van der Waals surface area contributed by atoms with Gasteiger partial charge >= 0.3 is 5.97 Å². The third-order valence-corrected chi connectivity index (χ3v) is 1.89. The maximum absolute atomic E-state index is 12.9. The molecule has 1 aromatic carbocycles. The highest BCUT2D eigenvalue weighted by atomic mass is 19.1. The zero-order valence-corrected chi connectivity index (χ0v) is 7.83. The smallest absolute Gasteiger partial charge is 0.305 e. The summed E-state index contributed by atoms with van der Waals surface area (Å²) >= 11 is 0. The summed E-state index contributed by atoms with van der Waals surface area (Å²) in [5.74, 6) is -1.37. The summed E-state index contributed by atoms with van der Waals surface area (Å²) in [6.07, 6.45) is -0.192. The molecule has 0 saturated heterocycles. The van der Waals surface area contributed by atoms with Crippen molar-refractivity contribution in [2.24, 2.45) is 5.73 Å². The molecule has 0 aliphatic rings. The zero-order chi connectivity index (χ0) is 10.7. The summed E-state index contributed by atoms with van der Waals surface area (Å²) in [6.45, 7) is 1.74. The van der Waals surface area contributed by atoms with Crippen LogP contribution in [0.5, 0.6) is 0 Å². The number of nitrogens with two attached hydrogens (primary N) is 1. The van der Waals surface area contributed by atoms with E-state index in [2.05, 4.69) is 0 Å². The predicted octanol–water partition coefficient (Wildman–Crippen LogP) is 1.61. The van der Waals surface area contributed by atoms with Crippen LogP contribution in [-0.2, 0) is 4.79 Å². The minimum atomic E-state index is -0.987. The molecule has 3 N–H and O–H groups in total. The monoisotopic (exact) mass is 197 g/mol. The fourth-order valence-corrected chi connectivity index (χ4v) is 1.28. The first-order chi connectivity index (χ1) is 6.49. The zero-order valence-electron chi connectivity index (χ0n) is 7.83. The SMILES string of the molecule is Cc1cc(F)cc([C@@H](N)CC(=O)O)c1. The first-order valence-corrected chi connectivity index (χ1v) is 4.23. The van der Waals surface area contributed by atoms with Crippen LogP contribution < -0.4 is 5.73 Å². The van der Waals surface area contributed by atoms with E-state index in [1.807, 2.05) is 0 Å². The van der Waals surface area contributed by atoms with E-state index in [0.717, 1.165) is 5.56 Å². The maximum Gasteiger partial charge on any atom is 0.305 e. The Morgan fingerprint density at radius 2 is 2.21 bits per heavy atom. The second kappa shape index (κ2) is 4.19. The third-order valence-electron chi connectivity index (χ3n) is 1.89. The molecule has 0 aromatic heterocycles. The fourth-order valence-electron chi connectivity index (χ4n) is 1.28. The van der Waals surface area contributed by atoms with Crippen LogP contribution in [0, 0.1) is 12.7 Å². The third kappa shape index (κ3) is 2.81. The number of hydrogen-bond acceptors (Lipinski definition) is 2. The van der Waals surface area contributed by atoms with Crippen LogP contribution >= 0.6 is 0 Å². The Morgan fingerprint density at radius 1 is 1.57 bits per heavy atom. The average molecular weight is 197 g/mol. The van der Waals surface area contributed by atoms with E-state index in [-0.39, 0.29) is 12.2 Å². The average Bonchev–Trinajstić information content (AvgIpc) is 2.00. The van der Waals surface area contributed by atoms with Gasteiger partial charge in [-0.15, -0.1) is 0 Å². The van der Waals surface area contributed by atoms with Gasteiger partial charge in [0.15, 0.2) is 0 Å². The summed E-state index contributed by atoms with van der Waals surface area (Å²) < 4.78 is 12.9. The molecule has 0 aliphatic carbocycles. The molecule has 3 nitrogen and oxygen atoms in total. The van der Waals surface area contributed by atoms with Crippen LogP contribution in [0.4, 0.5) is 4.39 Å². The molecule has 1 rings (SSSR count). The number of benzene rings is 1. The summed E-state index contributed by atoms with van der Waals surface area (Å²) in [5.41, 5.74) is 6.84. The second-order valence-corrected chi connectivity index (χ2v) is 3.27. The number of halogens is 1. The van der Waals surface area contributed by atoms with E-state index in [1.165, 1.54) is 12.1 Å². The summed E-state index contributed by atoms with van der Waals surface area (Å²) in [5, 5.41) is 8.51. The Hall–Kier alpha value is -1.42. The molecule has 0 fully saturated rings. The van der Waals surface area contributed by atoms with E-state index in [9.17, 15) is 9.18 Å². The van der Waals surface area contributed by atoms with Crippen LogP contribution in [0.3, 0.4) is 0 Å². The van der Waals surface area contributed by atoms with E-state index in [1.54, 1.807) is 13.0 Å². The minimum Gasteiger partial charge on any atom is -0.481 e. The van der Waals surface area contributed by atoms with Gasteiger partial charge in [-0.1, -0.05) is 6.07 Å². The van der Waals surface area contributed by atoms with Crippen molar-refractivity contribution in [3.05, 3.63) is 35.1 Å². The molecule has 0 spiro atoms. The number of carboxylic acid groups (broad SMARTS) is 1. The van der Waals surface area contributed by atoms with Crippen LogP contribution in [0.1, 0.15) is 23.6 Å². The molecule has 4 heteroatoms. The number of rotatable bonds is 3. The summed E-state index contributed by atoms with van der Waals surface area (Å²) in [7, 11) is 0. The number of aliphatic carboxylic acids is 1. The van der Waals surface area contributed by atoms with E-state index in [0.29, 0.717) is 5.56 Å². The highest BCUT2D eigenvalue weighted by Crippen LogP contribution is 2.17. The number of carboxylic acids is 1.